The van der Waals surface area contributed by atoms with Crippen LogP contribution in [0.15, 0.2) is 54.6 Å². The number of esters is 2. The maximum atomic E-state index is 12.1. The molecule has 0 spiro atoms. The smallest absolute Gasteiger partial charge is 0.339 e. The third-order valence-electron chi connectivity index (χ3n) is 4.11. The van der Waals surface area contributed by atoms with E-state index in [0.717, 1.165) is 12.8 Å². The van der Waals surface area contributed by atoms with Gasteiger partial charge in [0, 0.05) is 12.8 Å². The van der Waals surface area contributed by atoms with E-state index in [4.69, 9.17) is 9.47 Å². The molecule has 0 radical (unpaired) electrons. The highest BCUT2D eigenvalue weighted by atomic mass is 16.5. The molecule has 2 aromatic carbocycles. The molecule has 0 bridgehead atoms. The molecule has 1 N–H and O–H groups in total. The summed E-state index contributed by atoms with van der Waals surface area (Å²) in [7, 11) is 1.28. The first-order chi connectivity index (χ1) is 13.6. The van der Waals surface area contributed by atoms with Crippen LogP contribution in [-0.2, 0) is 25.5 Å². The van der Waals surface area contributed by atoms with Crippen LogP contribution in [0.3, 0.4) is 0 Å². The SMILES string of the molecule is COC(=O)c1ccccc1NC(=O)CCCC(=O)OCCCc1ccccc1. The van der Waals surface area contributed by atoms with Crippen molar-refractivity contribution in [2.45, 2.75) is 32.1 Å². The summed E-state index contributed by atoms with van der Waals surface area (Å²) in [4.78, 5) is 35.5. The molecule has 6 nitrogen and oxygen atoms in total. The Morgan fingerprint density at radius 3 is 2.36 bits per heavy atom. The molecule has 0 fully saturated rings. The number of rotatable bonds is 10. The Balaban J connectivity index is 1.64. The van der Waals surface area contributed by atoms with Gasteiger partial charge in [0.05, 0.1) is 25.0 Å². The summed E-state index contributed by atoms with van der Waals surface area (Å²) in [5.41, 5.74) is 1.89. The number of anilines is 1. The maximum absolute atomic E-state index is 12.1. The van der Waals surface area contributed by atoms with Crippen LogP contribution in [0, 0.1) is 0 Å². The molecule has 1 amide bonds. The third-order valence-corrected chi connectivity index (χ3v) is 4.11. The molecule has 0 atom stereocenters. The highest BCUT2D eigenvalue weighted by molar-refractivity contribution is 6.01. The van der Waals surface area contributed by atoms with Gasteiger partial charge in [0.25, 0.3) is 0 Å². The topological polar surface area (TPSA) is 81.7 Å². The number of carbonyl (C=O) groups excluding carboxylic acids is 3. The van der Waals surface area contributed by atoms with E-state index in [0.29, 0.717) is 18.7 Å². The van der Waals surface area contributed by atoms with E-state index in [-0.39, 0.29) is 30.3 Å². The van der Waals surface area contributed by atoms with Crippen LogP contribution in [0.2, 0.25) is 0 Å². The summed E-state index contributed by atoms with van der Waals surface area (Å²) in [6.07, 6.45) is 2.34. The number of para-hydroxylation sites is 1. The summed E-state index contributed by atoms with van der Waals surface area (Å²) in [6, 6.07) is 16.6. The van der Waals surface area contributed by atoms with Crippen LogP contribution >= 0.6 is 0 Å². The van der Waals surface area contributed by atoms with Gasteiger partial charge >= 0.3 is 11.9 Å². The molecule has 0 aliphatic rings. The van der Waals surface area contributed by atoms with E-state index in [2.05, 4.69) is 5.32 Å². The predicted octanol–water partition coefficient (Wildman–Crippen LogP) is 3.76. The fraction of sp³-hybridized carbons (Fsp3) is 0.318. The van der Waals surface area contributed by atoms with Gasteiger partial charge in [-0.2, -0.15) is 0 Å². The Kier molecular flexibility index (Phi) is 8.72. The Bertz CT molecular complexity index is 789. The van der Waals surface area contributed by atoms with Crippen molar-refractivity contribution < 1.29 is 23.9 Å². The van der Waals surface area contributed by atoms with Gasteiger partial charge in [-0.05, 0) is 37.0 Å². The first-order valence-electron chi connectivity index (χ1n) is 9.27. The van der Waals surface area contributed by atoms with Gasteiger partial charge in [0.2, 0.25) is 5.91 Å². The van der Waals surface area contributed by atoms with Crippen LogP contribution in [0.1, 0.15) is 41.6 Å². The first-order valence-corrected chi connectivity index (χ1v) is 9.27. The number of benzene rings is 2. The number of aryl methyl sites for hydroxylation is 1. The van der Waals surface area contributed by atoms with Crippen molar-refractivity contribution in [2.24, 2.45) is 0 Å². The van der Waals surface area contributed by atoms with Gasteiger partial charge in [-0.1, -0.05) is 42.5 Å². The Labute approximate surface area is 164 Å². The summed E-state index contributed by atoms with van der Waals surface area (Å²) >= 11 is 0. The zero-order chi connectivity index (χ0) is 20.2. The summed E-state index contributed by atoms with van der Waals surface area (Å²) in [5.74, 6) is -1.10. The van der Waals surface area contributed by atoms with Crippen molar-refractivity contribution in [1.82, 2.24) is 0 Å². The van der Waals surface area contributed by atoms with Crippen LogP contribution < -0.4 is 5.32 Å². The summed E-state index contributed by atoms with van der Waals surface area (Å²) < 4.78 is 9.89. The largest absolute Gasteiger partial charge is 0.466 e. The van der Waals surface area contributed by atoms with E-state index >= 15 is 0 Å². The van der Waals surface area contributed by atoms with E-state index in [1.807, 2.05) is 30.3 Å². The van der Waals surface area contributed by atoms with Gasteiger partial charge in [0.1, 0.15) is 0 Å². The van der Waals surface area contributed by atoms with Crippen molar-refractivity contribution in [3.05, 3.63) is 65.7 Å². The lowest BCUT2D eigenvalue weighted by Crippen LogP contribution is -2.15. The molecule has 148 valence electrons. The highest BCUT2D eigenvalue weighted by Crippen LogP contribution is 2.16. The Morgan fingerprint density at radius 1 is 0.893 bits per heavy atom. The molecule has 0 saturated heterocycles. The van der Waals surface area contributed by atoms with Crippen molar-refractivity contribution in [2.75, 3.05) is 19.0 Å². The zero-order valence-electron chi connectivity index (χ0n) is 16.0. The second-order valence-electron chi connectivity index (χ2n) is 6.25. The van der Waals surface area contributed by atoms with Crippen molar-refractivity contribution in [3.63, 3.8) is 0 Å². The minimum atomic E-state index is -0.519. The van der Waals surface area contributed by atoms with Gasteiger partial charge < -0.3 is 14.8 Å². The summed E-state index contributed by atoms with van der Waals surface area (Å²) in [6.45, 7) is 0.367. The fourth-order valence-electron chi connectivity index (χ4n) is 2.67. The Hall–Kier alpha value is -3.15. The molecule has 28 heavy (non-hydrogen) atoms. The second kappa shape index (κ2) is 11.5. The average molecular weight is 383 g/mol. The number of hydrogen-bond acceptors (Lipinski definition) is 5. The monoisotopic (exact) mass is 383 g/mol. The third kappa shape index (κ3) is 7.23. The Morgan fingerprint density at radius 2 is 1.61 bits per heavy atom. The van der Waals surface area contributed by atoms with Crippen LogP contribution in [0.25, 0.3) is 0 Å². The zero-order valence-corrected chi connectivity index (χ0v) is 16.0. The van der Waals surface area contributed by atoms with Gasteiger partial charge in [-0.3, -0.25) is 9.59 Å². The van der Waals surface area contributed by atoms with Gasteiger partial charge in [-0.25, -0.2) is 4.79 Å². The average Bonchev–Trinajstić information content (AvgIpc) is 2.72. The van der Waals surface area contributed by atoms with Crippen molar-refractivity contribution in [1.29, 1.82) is 0 Å². The van der Waals surface area contributed by atoms with E-state index in [1.165, 1.54) is 12.7 Å². The van der Waals surface area contributed by atoms with E-state index in [9.17, 15) is 14.4 Å². The molecule has 2 aromatic rings. The molecule has 6 heteroatoms. The van der Waals surface area contributed by atoms with Crippen molar-refractivity contribution >= 4 is 23.5 Å². The molecule has 2 rings (SSSR count). The van der Waals surface area contributed by atoms with Crippen molar-refractivity contribution in [3.8, 4) is 0 Å². The predicted molar refractivity (Wildman–Crippen MR) is 106 cm³/mol. The van der Waals surface area contributed by atoms with E-state index in [1.54, 1.807) is 24.3 Å². The number of nitrogens with one attached hydrogen (secondary N) is 1. The molecule has 0 aliphatic carbocycles. The minimum Gasteiger partial charge on any atom is -0.466 e. The highest BCUT2D eigenvalue weighted by Gasteiger charge is 2.13. The molecule has 0 heterocycles. The molecule has 0 aliphatic heterocycles. The lowest BCUT2D eigenvalue weighted by Gasteiger charge is -2.09. The number of carbonyl (C=O) groups is 3. The fourth-order valence-corrected chi connectivity index (χ4v) is 2.67. The van der Waals surface area contributed by atoms with Crippen LogP contribution in [0.5, 0.6) is 0 Å². The maximum Gasteiger partial charge on any atom is 0.339 e. The lowest BCUT2D eigenvalue weighted by atomic mass is 10.1. The lowest BCUT2D eigenvalue weighted by molar-refractivity contribution is -0.143. The number of ether oxygens (including phenoxy) is 2. The molecule has 0 unspecified atom stereocenters. The van der Waals surface area contributed by atoms with Gasteiger partial charge in [-0.15, -0.1) is 0 Å². The van der Waals surface area contributed by atoms with Crippen LogP contribution in [0.4, 0.5) is 5.69 Å². The summed E-state index contributed by atoms with van der Waals surface area (Å²) in [5, 5.41) is 2.68. The van der Waals surface area contributed by atoms with Crippen LogP contribution in [-0.4, -0.2) is 31.6 Å². The first kappa shape index (κ1) is 21.2. The minimum absolute atomic E-state index is 0.161. The standard InChI is InChI=1S/C22H25NO5/c1-27-22(26)18-12-5-6-13-19(18)23-20(24)14-7-15-21(25)28-16-8-11-17-9-3-2-4-10-17/h2-6,9-10,12-13H,7-8,11,14-16H2,1H3,(H,23,24). The second-order valence-corrected chi connectivity index (χ2v) is 6.25. The van der Waals surface area contributed by atoms with E-state index < -0.39 is 5.97 Å². The normalized spacial score (nSPS) is 10.2. The molecule has 0 saturated carbocycles. The molecule has 0 aromatic heterocycles. The molecular formula is C22H25NO5. The number of hydrogen-bond donors (Lipinski definition) is 1. The van der Waals surface area contributed by atoms with Gasteiger partial charge in [0.15, 0.2) is 0 Å². The quantitative estimate of drug-likeness (QED) is 0.499. The number of methoxy groups -OCH3 is 1. The molecular weight excluding hydrogens is 358 g/mol. The number of amides is 1.